The van der Waals surface area contributed by atoms with E-state index in [1.54, 1.807) is 6.92 Å². The molecule has 0 fully saturated rings. The van der Waals surface area contributed by atoms with Gasteiger partial charge in [-0.3, -0.25) is 4.79 Å². The van der Waals surface area contributed by atoms with E-state index in [-0.39, 0.29) is 18.9 Å². The van der Waals surface area contributed by atoms with Crippen LogP contribution in [-0.4, -0.2) is 30.3 Å². The number of aliphatic hydroxyl groups is 1. The van der Waals surface area contributed by atoms with Crippen molar-refractivity contribution in [1.82, 2.24) is 5.32 Å². The van der Waals surface area contributed by atoms with Crippen LogP contribution in [0, 0.1) is 0 Å². The summed E-state index contributed by atoms with van der Waals surface area (Å²) in [6, 6.07) is 7.45. The van der Waals surface area contributed by atoms with Crippen molar-refractivity contribution in [3.8, 4) is 5.75 Å². The highest BCUT2D eigenvalue weighted by molar-refractivity contribution is 9.10. The molecule has 1 aromatic rings. The number of hydrogen-bond donors (Lipinski definition) is 2. The van der Waals surface area contributed by atoms with Gasteiger partial charge in [0, 0.05) is 11.0 Å². The van der Waals surface area contributed by atoms with E-state index in [1.165, 1.54) is 0 Å². The third kappa shape index (κ3) is 6.28. The summed E-state index contributed by atoms with van der Waals surface area (Å²) in [5.74, 6) is 0.601. The van der Waals surface area contributed by atoms with Gasteiger partial charge in [0.2, 0.25) is 5.91 Å². The lowest BCUT2D eigenvalue weighted by molar-refractivity contribution is -0.122. The smallest absolute Gasteiger partial charge is 0.223 e. The van der Waals surface area contributed by atoms with Crippen LogP contribution in [0.4, 0.5) is 0 Å². The van der Waals surface area contributed by atoms with Gasteiger partial charge in [-0.2, -0.15) is 0 Å². The summed E-state index contributed by atoms with van der Waals surface area (Å²) in [5, 5.41) is 11.6. The SMILES string of the molecule is C[C@@H](O)CNC(=O)CCOc1cccc(Br)c1. The Kier molecular flexibility index (Phi) is 6.00. The fraction of sp³-hybridized carbons (Fsp3) is 0.417. The average Bonchev–Trinajstić information content (AvgIpc) is 2.26. The van der Waals surface area contributed by atoms with Gasteiger partial charge in [-0.1, -0.05) is 22.0 Å². The van der Waals surface area contributed by atoms with Crippen molar-refractivity contribution in [3.63, 3.8) is 0 Å². The second-order valence-electron chi connectivity index (χ2n) is 3.71. The van der Waals surface area contributed by atoms with Gasteiger partial charge in [-0.15, -0.1) is 0 Å². The first-order chi connectivity index (χ1) is 8.08. The number of benzene rings is 1. The van der Waals surface area contributed by atoms with E-state index in [2.05, 4.69) is 21.2 Å². The Hall–Kier alpha value is -1.07. The lowest BCUT2D eigenvalue weighted by Crippen LogP contribution is -2.31. The predicted octanol–water partition coefficient (Wildman–Crippen LogP) is 1.71. The molecule has 0 radical (unpaired) electrons. The van der Waals surface area contributed by atoms with Crippen molar-refractivity contribution in [2.75, 3.05) is 13.2 Å². The van der Waals surface area contributed by atoms with Crippen LogP contribution in [0.15, 0.2) is 28.7 Å². The molecule has 0 saturated carbocycles. The van der Waals surface area contributed by atoms with Crippen LogP contribution in [0.2, 0.25) is 0 Å². The summed E-state index contributed by atoms with van der Waals surface area (Å²) in [6.07, 6.45) is -0.246. The molecule has 5 heteroatoms. The third-order valence-electron chi connectivity index (χ3n) is 1.99. The molecule has 0 saturated heterocycles. The number of amides is 1. The second kappa shape index (κ2) is 7.29. The molecule has 2 N–H and O–H groups in total. The Morgan fingerprint density at radius 1 is 1.59 bits per heavy atom. The molecule has 4 nitrogen and oxygen atoms in total. The van der Waals surface area contributed by atoms with Crippen LogP contribution in [0.1, 0.15) is 13.3 Å². The maximum atomic E-state index is 11.3. The summed E-state index contributed by atoms with van der Waals surface area (Å²) < 4.78 is 6.35. The molecule has 1 rings (SSSR count). The summed E-state index contributed by atoms with van der Waals surface area (Å²) in [5.41, 5.74) is 0. The van der Waals surface area contributed by atoms with Crippen molar-refractivity contribution < 1.29 is 14.6 Å². The first-order valence-electron chi connectivity index (χ1n) is 5.41. The summed E-state index contributed by atoms with van der Waals surface area (Å²) in [7, 11) is 0. The van der Waals surface area contributed by atoms with Crippen LogP contribution >= 0.6 is 15.9 Å². The molecule has 0 aliphatic carbocycles. The molecular formula is C12H16BrNO3. The van der Waals surface area contributed by atoms with E-state index in [1.807, 2.05) is 24.3 Å². The fourth-order valence-electron chi connectivity index (χ4n) is 1.17. The van der Waals surface area contributed by atoms with E-state index >= 15 is 0 Å². The van der Waals surface area contributed by atoms with E-state index < -0.39 is 6.10 Å². The van der Waals surface area contributed by atoms with E-state index in [0.717, 1.165) is 10.2 Å². The van der Waals surface area contributed by atoms with Crippen molar-refractivity contribution in [2.45, 2.75) is 19.4 Å². The molecule has 17 heavy (non-hydrogen) atoms. The average molecular weight is 302 g/mol. The van der Waals surface area contributed by atoms with Crippen LogP contribution in [0.3, 0.4) is 0 Å². The highest BCUT2D eigenvalue weighted by atomic mass is 79.9. The topological polar surface area (TPSA) is 58.6 Å². The molecule has 0 bridgehead atoms. The molecular weight excluding hydrogens is 286 g/mol. The molecule has 94 valence electrons. The van der Waals surface area contributed by atoms with Gasteiger partial charge < -0.3 is 15.2 Å². The number of carbonyl (C=O) groups is 1. The Balaban J connectivity index is 2.21. The van der Waals surface area contributed by atoms with Crippen molar-refractivity contribution in [1.29, 1.82) is 0 Å². The lowest BCUT2D eigenvalue weighted by Gasteiger charge is -2.08. The summed E-state index contributed by atoms with van der Waals surface area (Å²) in [6.45, 7) is 2.22. The zero-order valence-corrected chi connectivity index (χ0v) is 11.2. The van der Waals surface area contributed by atoms with Gasteiger partial charge in [-0.25, -0.2) is 0 Å². The van der Waals surface area contributed by atoms with Crippen LogP contribution in [0.25, 0.3) is 0 Å². The minimum absolute atomic E-state index is 0.124. The minimum atomic E-state index is -0.523. The first kappa shape index (κ1) is 14.0. The normalized spacial score (nSPS) is 11.9. The Morgan fingerprint density at radius 3 is 3.00 bits per heavy atom. The van der Waals surface area contributed by atoms with Gasteiger partial charge in [-0.05, 0) is 25.1 Å². The van der Waals surface area contributed by atoms with Gasteiger partial charge in [0.25, 0.3) is 0 Å². The van der Waals surface area contributed by atoms with Crippen LogP contribution in [-0.2, 0) is 4.79 Å². The van der Waals surface area contributed by atoms with E-state index in [0.29, 0.717) is 6.61 Å². The maximum absolute atomic E-state index is 11.3. The van der Waals surface area contributed by atoms with Crippen molar-refractivity contribution in [3.05, 3.63) is 28.7 Å². The molecule has 1 amide bonds. The quantitative estimate of drug-likeness (QED) is 0.841. The zero-order chi connectivity index (χ0) is 12.7. The molecule has 1 aromatic carbocycles. The van der Waals surface area contributed by atoms with E-state index in [4.69, 9.17) is 9.84 Å². The Bertz CT molecular complexity index is 369. The van der Waals surface area contributed by atoms with Gasteiger partial charge in [0.05, 0.1) is 19.1 Å². The highest BCUT2D eigenvalue weighted by Gasteiger charge is 2.03. The maximum Gasteiger partial charge on any atom is 0.223 e. The summed E-state index contributed by atoms with van der Waals surface area (Å²) in [4.78, 5) is 11.3. The van der Waals surface area contributed by atoms with Gasteiger partial charge in [0.1, 0.15) is 5.75 Å². The van der Waals surface area contributed by atoms with Crippen LogP contribution in [0.5, 0.6) is 5.75 Å². The molecule has 0 aliphatic rings. The molecule has 0 spiro atoms. The standard InChI is InChI=1S/C12H16BrNO3/c1-9(15)8-14-12(16)5-6-17-11-4-2-3-10(13)7-11/h2-4,7,9,15H,5-6,8H2,1H3,(H,14,16)/t9-/m1/s1. The second-order valence-corrected chi connectivity index (χ2v) is 4.62. The predicted molar refractivity (Wildman–Crippen MR) is 68.9 cm³/mol. The van der Waals surface area contributed by atoms with E-state index in [9.17, 15) is 4.79 Å². The third-order valence-corrected chi connectivity index (χ3v) is 2.48. The van der Waals surface area contributed by atoms with Crippen molar-refractivity contribution >= 4 is 21.8 Å². The number of carbonyl (C=O) groups excluding carboxylic acids is 1. The zero-order valence-electron chi connectivity index (χ0n) is 9.65. The van der Waals surface area contributed by atoms with Crippen LogP contribution < -0.4 is 10.1 Å². The van der Waals surface area contributed by atoms with Gasteiger partial charge >= 0.3 is 0 Å². The molecule has 0 aliphatic heterocycles. The van der Waals surface area contributed by atoms with Crippen molar-refractivity contribution in [2.24, 2.45) is 0 Å². The number of rotatable bonds is 6. The molecule has 1 atom stereocenters. The Labute approximate surface area is 109 Å². The minimum Gasteiger partial charge on any atom is -0.493 e. The largest absolute Gasteiger partial charge is 0.493 e. The Morgan fingerprint density at radius 2 is 2.35 bits per heavy atom. The van der Waals surface area contributed by atoms with Gasteiger partial charge in [0.15, 0.2) is 0 Å². The highest BCUT2D eigenvalue weighted by Crippen LogP contribution is 2.17. The number of aliphatic hydroxyl groups excluding tert-OH is 1. The summed E-state index contributed by atoms with van der Waals surface area (Å²) >= 11 is 3.34. The molecule has 0 aromatic heterocycles. The molecule has 0 heterocycles. The first-order valence-corrected chi connectivity index (χ1v) is 6.20. The number of nitrogens with one attached hydrogen (secondary N) is 1. The molecule has 0 unspecified atom stereocenters. The number of ether oxygens (including phenoxy) is 1. The lowest BCUT2D eigenvalue weighted by atomic mass is 10.3. The number of halogens is 1. The monoisotopic (exact) mass is 301 g/mol. The fourth-order valence-corrected chi connectivity index (χ4v) is 1.55. The number of hydrogen-bond acceptors (Lipinski definition) is 3.